The van der Waals surface area contributed by atoms with E-state index in [4.69, 9.17) is 5.11 Å². The zero-order valence-corrected chi connectivity index (χ0v) is 11.3. The van der Waals surface area contributed by atoms with Crippen LogP contribution in [-0.2, 0) is 6.54 Å². The molecule has 0 fully saturated rings. The van der Waals surface area contributed by atoms with Gasteiger partial charge in [0.15, 0.2) is 0 Å². The number of thiazole rings is 1. The highest BCUT2D eigenvalue weighted by molar-refractivity contribution is 7.07. The van der Waals surface area contributed by atoms with E-state index in [9.17, 15) is 9.59 Å². The topological polar surface area (TPSA) is 82.2 Å². The molecule has 0 radical (unpaired) electrons. The fourth-order valence-electron chi connectivity index (χ4n) is 1.56. The van der Waals surface area contributed by atoms with Crippen LogP contribution in [0.3, 0.4) is 0 Å². The summed E-state index contributed by atoms with van der Waals surface area (Å²) in [5.74, 6) is 5.02. The molecule has 3 N–H and O–H groups in total. The number of hydrogen-bond acceptors (Lipinski definition) is 4. The Kier molecular flexibility index (Phi) is 4.71. The van der Waals surface area contributed by atoms with Crippen molar-refractivity contribution >= 4 is 17.2 Å². The van der Waals surface area contributed by atoms with E-state index in [-0.39, 0.29) is 23.9 Å². The summed E-state index contributed by atoms with van der Waals surface area (Å²) < 4.78 is 0. The molecular weight excluding hydrogens is 276 g/mol. The maximum atomic E-state index is 12.0. The van der Waals surface area contributed by atoms with Crippen LogP contribution in [0.25, 0.3) is 0 Å². The third-order valence-electron chi connectivity index (χ3n) is 2.45. The maximum Gasteiger partial charge on any atom is 0.304 e. The van der Waals surface area contributed by atoms with Crippen LogP contribution in [-0.4, -0.2) is 22.6 Å². The molecule has 0 aliphatic rings. The van der Waals surface area contributed by atoms with Gasteiger partial charge in [-0.2, -0.15) is 0 Å². The molecule has 0 saturated carbocycles. The lowest BCUT2D eigenvalue weighted by Gasteiger charge is -2.04. The second-order valence-corrected chi connectivity index (χ2v) is 4.74. The summed E-state index contributed by atoms with van der Waals surface area (Å²) >= 11 is 1.06. The minimum atomic E-state index is -0.246. The molecule has 0 unspecified atom stereocenters. The number of carbonyl (C=O) groups is 1. The summed E-state index contributed by atoms with van der Waals surface area (Å²) in [6.45, 7) is 0.0477. The van der Waals surface area contributed by atoms with Gasteiger partial charge in [-0.1, -0.05) is 29.2 Å². The quantitative estimate of drug-likeness (QED) is 0.728. The zero-order chi connectivity index (χ0) is 14.4. The maximum absolute atomic E-state index is 12.0. The van der Waals surface area contributed by atoms with Crippen LogP contribution < -0.4 is 10.2 Å². The molecular formula is C14H12N2O3S. The molecule has 0 aliphatic carbocycles. The Bertz CT molecular complexity index is 722. The third-order valence-corrected chi connectivity index (χ3v) is 3.17. The predicted molar refractivity (Wildman–Crippen MR) is 76.5 cm³/mol. The molecule has 2 aromatic rings. The summed E-state index contributed by atoms with van der Waals surface area (Å²) in [6.07, 6.45) is 0. The van der Waals surface area contributed by atoms with Crippen molar-refractivity contribution in [2.75, 3.05) is 6.61 Å². The van der Waals surface area contributed by atoms with Gasteiger partial charge in [0.1, 0.15) is 6.61 Å². The highest BCUT2D eigenvalue weighted by atomic mass is 32.1. The van der Waals surface area contributed by atoms with E-state index in [0.29, 0.717) is 16.8 Å². The molecule has 0 spiro atoms. The third kappa shape index (κ3) is 3.82. The molecule has 102 valence electrons. The van der Waals surface area contributed by atoms with E-state index in [1.165, 1.54) is 0 Å². The van der Waals surface area contributed by atoms with Crippen molar-refractivity contribution in [3.05, 3.63) is 56.1 Å². The van der Waals surface area contributed by atoms with E-state index in [1.807, 2.05) is 0 Å². The SMILES string of the molecule is O=C(NCc1csc(=O)[nH]1)c1cccc(C#CCO)c1. The number of carbonyl (C=O) groups excluding carboxylic acids is 1. The Balaban J connectivity index is 2.03. The molecule has 20 heavy (non-hydrogen) atoms. The fraction of sp³-hybridized carbons (Fsp3) is 0.143. The summed E-state index contributed by atoms with van der Waals surface area (Å²) in [5.41, 5.74) is 1.81. The number of aliphatic hydroxyl groups excluding tert-OH is 1. The van der Waals surface area contributed by atoms with Gasteiger partial charge in [0, 0.05) is 22.2 Å². The van der Waals surface area contributed by atoms with E-state index in [0.717, 1.165) is 11.3 Å². The van der Waals surface area contributed by atoms with Gasteiger partial charge in [-0.25, -0.2) is 0 Å². The van der Waals surface area contributed by atoms with Crippen LogP contribution in [0, 0.1) is 11.8 Å². The van der Waals surface area contributed by atoms with Gasteiger partial charge < -0.3 is 15.4 Å². The first-order valence-corrected chi connectivity index (χ1v) is 6.71. The van der Waals surface area contributed by atoms with Crippen LogP contribution in [0.4, 0.5) is 0 Å². The number of aliphatic hydroxyl groups is 1. The molecule has 0 atom stereocenters. The molecule has 6 heteroatoms. The second-order valence-electron chi connectivity index (χ2n) is 3.90. The average Bonchev–Trinajstić information content (AvgIpc) is 2.88. The molecule has 0 aliphatic heterocycles. The van der Waals surface area contributed by atoms with Crippen molar-refractivity contribution in [3.63, 3.8) is 0 Å². The Hall–Kier alpha value is -2.36. The van der Waals surface area contributed by atoms with Crippen molar-refractivity contribution in [2.24, 2.45) is 0 Å². The molecule has 0 bridgehead atoms. The molecule has 1 heterocycles. The number of benzene rings is 1. The Morgan fingerprint density at radius 3 is 3.00 bits per heavy atom. The first kappa shape index (κ1) is 14.1. The van der Waals surface area contributed by atoms with Crippen molar-refractivity contribution in [1.82, 2.24) is 10.3 Å². The smallest absolute Gasteiger partial charge is 0.304 e. The lowest BCUT2D eigenvalue weighted by atomic mass is 10.1. The molecule has 0 saturated heterocycles. The number of aromatic nitrogens is 1. The van der Waals surface area contributed by atoms with Crippen LogP contribution in [0.5, 0.6) is 0 Å². The van der Waals surface area contributed by atoms with Gasteiger partial charge in [0.05, 0.1) is 6.54 Å². The largest absolute Gasteiger partial charge is 0.384 e. The first-order valence-electron chi connectivity index (χ1n) is 5.84. The number of amides is 1. The second kappa shape index (κ2) is 6.70. The van der Waals surface area contributed by atoms with Gasteiger partial charge >= 0.3 is 4.87 Å². The van der Waals surface area contributed by atoms with Gasteiger partial charge in [-0.3, -0.25) is 9.59 Å². The van der Waals surface area contributed by atoms with Gasteiger partial charge in [-0.05, 0) is 18.2 Å². The standard InChI is InChI=1S/C14H12N2O3S/c17-6-2-4-10-3-1-5-11(7-10)13(18)15-8-12-9-20-14(19)16-12/h1,3,5,7,9,17H,6,8H2,(H,15,18)(H,16,19). The lowest BCUT2D eigenvalue weighted by Crippen LogP contribution is -2.23. The molecule has 1 aromatic heterocycles. The average molecular weight is 288 g/mol. The summed E-state index contributed by atoms with van der Waals surface area (Å²) in [7, 11) is 0. The van der Waals surface area contributed by atoms with Crippen LogP contribution in [0.2, 0.25) is 0 Å². The van der Waals surface area contributed by atoms with E-state index in [2.05, 4.69) is 22.1 Å². The number of nitrogens with one attached hydrogen (secondary N) is 2. The van der Waals surface area contributed by atoms with E-state index < -0.39 is 0 Å². The van der Waals surface area contributed by atoms with Gasteiger partial charge in [-0.15, -0.1) is 0 Å². The molecule has 2 rings (SSSR count). The monoisotopic (exact) mass is 288 g/mol. The van der Waals surface area contributed by atoms with E-state index in [1.54, 1.807) is 29.6 Å². The summed E-state index contributed by atoms with van der Waals surface area (Å²) in [6, 6.07) is 6.81. The normalized spacial score (nSPS) is 9.65. The van der Waals surface area contributed by atoms with Crippen LogP contribution in [0.1, 0.15) is 21.6 Å². The van der Waals surface area contributed by atoms with Gasteiger partial charge in [0.25, 0.3) is 5.91 Å². The van der Waals surface area contributed by atoms with Crippen molar-refractivity contribution in [3.8, 4) is 11.8 Å². The number of aromatic amines is 1. The zero-order valence-electron chi connectivity index (χ0n) is 10.5. The lowest BCUT2D eigenvalue weighted by molar-refractivity contribution is 0.0950. The van der Waals surface area contributed by atoms with Crippen molar-refractivity contribution in [2.45, 2.75) is 6.54 Å². The molecule has 1 aromatic carbocycles. The number of rotatable bonds is 3. The Morgan fingerprint density at radius 2 is 2.30 bits per heavy atom. The molecule has 5 nitrogen and oxygen atoms in total. The minimum absolute atomic E-state index is 0.143. The number of H-pyrrole nitrogens is 1. The molecule has 1 amide bonds. The Morgan fingerprint density at radius 1 is 1.45 bits per heavy atom. The highest BCUT2D eigenvalue weighted by Gasteiger charge is 2.06. The summed E-state index contributed by atoms with van der Waals surface area (Å²) in [4.78, 5) is 25.4. The highest BCUT2D eigenvalue weighted by Crippen LogP contribution is 2.05. The summed E-state index contributed by atoms with van der Waals surface area (Å²) in [5, 5.41) is 13.0. The van der Waals surface area contributed by atoms with E-state index >= 15 is 0 Å². The van der Waals surface area contributed by atoms with Crippen molar-refractivity contribution < 1.29 is 9.90 Å². The first-order chi connectivity index (χ1) is 9.69. The number of hydrogen-bond donors (Lipinski definition) is 3. The van der Waals surface area contributed by atoms with Crippen LogP contribution in [0.15, 0.2) is 34.4 Å². The fourth-order valence-corrected chi connectivity index (χ4v) is 2.14. The minimum Gasteiger partial charge on any atom is -0.384 e. The van der Waals surface area contributed by atoms with Crippen molar-refractivity contribution in [1.29, 1.82) is 0 Å². The van der Waals surface area contributed by atoms with Gasteiger partial charge in [0.2, 0.25) is 0 Å². The Labute approximate surface area is 119 Å². The predicted octanol–water partition coefficient (Wildman–Crippen LogP) is 0.710. The van der Waals surface area contributed by atoms with Crippen LogP contribution >= 0.6 is 11.3 Å².